The predicted octanol–water partition coefficient (Wildman–Crippen LogP) is 16.1. The summed E-state index contributed by atoms with van der Waals surface area (Å²) in [4.78, 5) is 20.5. The van der Waals surface area contributed by atoms with E-state index in [9.17, 15) is 0 Å². The van der Waals surface area contributed by atoms with E-state index in [0.29, 0.717) is 23.2 Å². The number of fused-ring (bicyclic) bond motifs is 10. The SMILES string of the molecule is c1cc(-c2ccc(-n3c4ccccc4c4c(-c5ccc6ccccc6c5)cccc43)cc2)cc(-c2nc(-c3cnc4oc5ccccc5c4c3)nc(-c3cc4ccccc4c4ccccc34)n2)c1. The van der Waals surface area contributed by atoms with E-state index in [2.05, 4.69) is 205 Å². The van der Waals surface area contributed by atoms with E-state index in [0.717, 1.165) is 66.0 Å². The number of aromatic nitrogens is 5. The van der Waals surface area contributed by atoms with Crippen molar-refractivity contribution in [2.24, 2.45) is 0 Å². The molecule has 6 nitrogen and oxygen atoms in total. The third-order valence-electron chi connectivity index (χ3n) is 13.5. The first-order valence-electron chi connectivity index (χ1n) is 22.9. The third kappa shape index (κ3) is 6.12. The number of hydrogen-bond donors (Lipinski definition) is 0. The zero-order chi connectivity index (χ0) is 44.7. The normalized spacial score (nSPS) is 11.8. The maximum atomic E-state index is 6.11. The molecule has 0 atom stereocenters. The van der Waals surface area contributed by atoms with Crippen molar-refractivity contribution in [3.8, 4) is 62.1 Å². The van der Waals surface area contributed by atoms with Crippen molar-refractivity contribution in [1.82, 2.24) is 24.5 Å². The average molecular weight is 868 g/mol. The summed E-state index contributed by atoms with van der Waals surface area (Å²) < 4.78 is 8.49. The molecule has 4 aromatic heterocycles. The highest BCUT2D eigenvalue weighted by atomic mass is 16.3. The zero-order valence-electron chi connectivity index (χ0n) is 36.5. The van der Waals surface area contributed by atoms with Crippen LogP contribution in [0.2, 0.25) is 0 Å². The molecule has 0 radical (unpaired) electrons. The van der Waals surface area contributed by atoms with Crippen molar-refractivity contribution >= 4 is 76.2 Å². The number of hydrogen-bond acceptors (Lipinski definition) is 5. The highest BCUT2D eigenvalue weighted by molar-refractivity contribution is 6.16. The molecule has 0 fully saturated rings. The zero-order valence-corrected chi connectivity index (χ0v) is 36.5. The summed E-state index contributed by atoms with van der Waals surface area (Å²) >= 11 is 0. The van der Waals surface area contributed by atoms with Crippen LogP contribution in [0.15, 0.2) is 229 Å². The van der Waals surface area contributed by atoms with Crippen molar-refractivity contribution in [2.45, 2.75) is 0 Å². The van der Waals surface area contributed by atoms with Gasteiger partial charge in [0.15, 0.2) is 17.5 Å². The summed E-state index contributed by atoms with van der Waals surface area (Å²) in [6.45, 7) is 0. The summed E-state index contributed by atoms with van der Waals surface area (Å²) in [6, 6.07) is 77.4. The van der Waals surface area contributed by atoms with Gasteiger partial charge in [-0.3, -0.25) is 0 Å². The van der Waals surface area contributed by atoms with Gasteiger partial charge >= 0.3 is 0 Å². The van der Waals surface area contributed by atoms with Crippen molar-refractivity contribution in [2.75, 3.05) is 0 Å². The van der Waals surface area contributed by atoms with E-state index in [-0.39, 0.29) is 0 Å². The molecule has 68 heavy (non-hydrogen) atoms. The average Bonchev–Trinajstić information content (AvgIpc) is 3.96. The van der Waals surface area contributed by atoms with Gasteiger partial charge < -0.3 is 8.98 Å². The van der Waals surface area contributed by atoms with Crippen molar-refractivity contribution < 1.29 is 4.42 Å². The Bertz CT molecular complexity index is 4340. The standard InChI is InChI=1S/C62H37N5O/c1-2-14-40-33-43(28-27-38(40)13-1)48-23-12-25-56-58(48)52-22-7-9-24-55(52)67(56)46-31-29-39(30-32-46)41-16-11-17-44(34-41)59-64-60(45-36-54-51-21-8-10-26-57(51)68-62(54)63-37-45)66-61(65-59)53-35-42-15-3-4-18-47(42)49-19-5-6-20-50(49)53/h1-37H. The second-order valence-corrected chi connectivity index (χ2v) is 17.4. The van der Waals surface area contributed by atoms with E-state index >= 15 is 0 Å². The summed E-state index contributed by atoms with van der Waals surface area (Å²) in [5.74, 6) is 1.70. The molecule has 0 aliphatic carbocycles. The largest absolute Gasteiger partial charge is 0.438 e. The molecule has 0 aliphatic heterocycles. The second-order valence-electron chi connectivity index (χ2n) is 17.4. The Kier molecular flexibility index (Phi) is 8.48. The Morgan fingerprint density at radius 2 is 0.985 bits per heavy atom. The topological polar surface area (TPSA) is 69.6 Å². The molecule has 14 aromatic rings. The minimum Gasteiger partial charge on any atom is -0.438 e. The van der Waals surface area contributed by atoms with Crippen molar-refractivity contribution in [1.29, 1.82) is 0 Å². The van der Waals surface area contributed by atoms with Gasteiger partial charge in [-0.25, -0.2) is 19.9 Å². The van der Waals surface area contributed by atoms with Crippen molar-refractivity contribution in [3.05, 3.63) is 225 Å². The number of furan rings is 1. The van der Waals surface area contributed by atoms with Crippen molar-refractivity contribution in [3.63, 3.8) is 0 Å². The van der Waals surface area contributed by atoms with Crippen LogP contribution in [0.1, 0.15) is 0 Å². The van der Waals surface area contributed by atoms with Crippen LogP contribution >= 0.6 is 0 Å². The van der Waals surface area contributed by atoms with Crippen LogP contribution in [0.25, 0.3) is 138 Å². The molecule has 316 valence electrons. The lowest BCUT2D eigenvalue weighted by atomic mass is 9.97. The molecule has 0 saturated heterocycles. The molecule has 0 saturated carbocycles. The lowest BCUT2D eigenvalue weighted by Gasteiger charge is -2.13. The molecule has 0 N–H and O–H groups in total. The van der Waals surface area contributed by atoms with Gasteiger partial charge in [-0.15, -0.1) is 0 Å². The molecule has 0 bridgehead atoms. The Morgan fingerprint density at radius 3 is 1.85 bits per heavy atom. The minimum absolute atomic E-state index is 0.534. The molecule has 0 amide bonds. The fourth-order valence-corrected chi connectivity index (χ4v) is 10.3. The molecule has 0 spiro atoms. The van der Waals surface area contributed by atoms with Crippen LogP contribution < -0.4 is 0 Å². The fraction of sp³-hybridized carbons (Fsp3) is 0. The summed E-state index contributed by atoms with van der Waals surface area (Å²) in [7, 11) is 0. The number of nitrogens with zero attached hydrogens (tertiary/aromatic N) is 5. The Balaban J connectivity index is 0.890. The quantitative estimate of drug-likeness (QED) is 0.156. The lowest BCUT2D eigenvalue weighted by molar-refractivity contribution is 0.654. The van der Waals surface area contributed by atoms with Crippen LogP contribution in [-0.4, -0.2) is 24.5 Å². The van der Waals surface area contributed by atoms with Gasteiger partial charge in [0.05, 0.1) is 11.0 Å². The van der Waals surface area contributed by atoms with E-state index < -0.39 is 0 Å². The van der Waals surface area contributed by atoms with Gasteiger partial charge in [0.25, 0.3) is 0 Å². The summed E-state index contributed by atoms with van der Waals surface area (Å²) in [5, 5.41) is 11.4. The van der Waals surface area contributed by atoms with Gasteiger partial charge in [0.2, 0.25) is 5.71 Å². The molecular formula is C62H37N5O. The smallest absolute Gasteiger partial charge is 0.227 e. The van der Waals surface area contributed by atoms with E-state index in [1.165, 1.54) is 49.1 Å². The first-order chi connectivity index (χ1) is 33.7. The third-order valence-corrected chi connectivity index (χ3v) is 13.5. The first kappa shape index (κ1) is 38.1. The highest BCUT2D eigenvalue weighted by Crippen LogP contribution is 2.41. The molecule has 0 aliphatic rings. The van der Waals surface area contributed by atoms with Gasteiger partial charge in [0, 0.05) is 50.1 Å². The Labute approximate surface area is 390 Å². The highest BCUT2D eigenvalue weighted by Gasteiger charge is 2.20. The molecule has 4 heterocycles. The number of para-hydroxylation sites is 2. The first-order valence-corrected chi connectivity index (χ1v) is 22.9. The molecule has 10 aromatic carbocycles. The molecule has 0 unspecified atom stereocenters. The Hall–Kier alpha value is -9.26. The molecule has 6 heteroatoms. The lowest BCUT2D eigenvalue weighted by Crippen LogP contribution is -2.01. The molecular weight excluding hydrogens is 831 g/mol. The van der Waals surface area contributed by atoms with Crippen LogP contribution in [0, 0.1) is 0 Å². The fourth-order valence-electron chi connectivity index (χ4n) is 10.3. The summed E-state index contributed by atoms with van der Waals surface area (Å²) in [6.07, 6.45) is 1.80. The van der Waals surface area contributed by atoms with E-state index in [1.54, 1.807) is 6.20 Å². The summed E-state index contributed by atoms with van der Waals surface area (Å²) in [5.41, 5.74) is 12.0. The van der Waals surface area contributed by atoms with E-state index in [1.807, 2.05) is 18.2 Å². The van der Waals surface area contributed by atoms with Crippen LogP contribution in [0.5, 0.6) is 0 Å². The van der Waals surface area contributed by atoms with Crippen LogP contribution in [0.3, 0.4) is 0 Å². The number of benzene rings is 10. The second kappa shape index (κ2) is 15.2. The minimum atomic E-state index is 0.534. The monoisotopic (exact) mass is 867 g/mol. The van der Waals surface area contributed by atoms with Gasteiger partial charge in [-0.2, -0.15) is 0 Å². The number of pyridine rings is 1. The predicted molar refractivity (Wildman–Crippen MR) is 279 cm³/mol. The van der Waals surface area contributed by atoms with Gasteiger partial charge in [-0.1, -0.05) is 164 Å². The maximum Gasteiger partial charge on any atom is 0.227 e. The van der Waals surface area contributed by atoms with Gasteiger partial charge in [-0.05, 0) is 109 Å². The van der Waals surface area contributed by atoms with E-state index in [4.69, 9.17) is 24.4 Å². The maximum absolute atomic E-state index is 6.11. The van der Waals surface area contributed by atoms with Crippen LogP contribution in [0.4, 0.5) is 0 Å². The molecule has 14 rings (SSSR count). The van der Waals surface area contributed by atoms with Crippen LogP contribution in [-0.2, 0) is 0 Å². The number of rotatable bonds is 6. The van der Waals surface area contributed by atoms with Gasteiger partial charge in [0.1, 0.15) is 5.58 Å². The Morgan fingerprint density at radius 1 is 0.338 bits per heavy atom.